The van der Waals surface area contributed by atoms with E-state index in [1.165, 1.54) is 24.3 Å². The number of carboxylic acid groups (broad SMARTS) is 2. The van der Waals surface area contributed by atoms with Gasteiger partial charge in [0.15, 0.2) is 11.6 Å². The Hall–Kier alpha value is -4.15. The number of nitrogens with zero attached hydrogens (tertiary/aromatic N) is 5. The number of aromatic carboxylic acids is 2. The summed E-state index contributed by atoms with van der Waals surface area (Å²) in [5.74, 6) is -2.50. The van der Waals surface area contributed by atoms with Crippen molar-refractivity contribution in [1.82, 2.24) is 25.4 Å². The predicted molar refractivity (Wildman–Crippen MR) is 89.0 cm³/mol. The fourth-order valence-electron chi connectivity index (χ4n) is 2.22. The highest BCUT2D eigenvalue weighted by molar-refractivity contribution is 5.95. The first-order valence-corrected chi connectivity index (χ1v) is 7.07. The number of benzene rings is 1. The summed E-state index contributed by atoms with van der Waals surface area (Å²) >= 11 is 0. The monoisotopic (exact) mass is 353 g/mol. The van der Waals surface area contributed by atoms with E-state index >= 15 is 0 Å². The lowest BCUT2D eigenvalue weighted by Gasteiger charge is -2.10. The molecule has 0 unspecified atom stereocenters. The van der Waals surface area contributed by atoms with E-state index < -0.39 is 11.9 Å². The summed E-state index contributed by atoms with van der Waals surface area (Å²) in [7, 11) is 0. The van der Waals surface area contributed by atoms with E-state index in [1.54, 1.807) is 0 Å². The van der Waals surface area contributed by atoms with Crippen LogP contribution in [0.15, 0.2) is 30.5 Å². The van der Waals surface area contributed by atoms with Crippen LogP contribution in [0, 0.1) is 0 Å². The molecule has 3 rings (SSSR count). The largest absolute Gasteiger partial charge is 0.478 e. The summed E-state index contributed by atoms with van der Waals surface area (Å²) in [5, 5.41) is 28.6. The number of hydrogen-bond acceptors (Lipinski definition) is 9. The summed E-state index contributed by atoms with van der Waals surface area (Å²) < 4.78 is 0. The van der Waals surface area contributed by atoms with Crippen molar-refractivity contribution in [1.29, 1.82) is 0 Å². The molecule has 0 bridgehead atoms. The van der Waals surface area contributed by atoms with E-state index in [0.29, 0.717) is 5.56 Å². The van der Waals surface area contributed by atoms with Crippen LogP contribution in [0.4, 0.5) is 11.6 Å². The fraction of sp³-hybridized carbons (Fsp3) is 0. The Morgan fingerprint density at radius 3 is 2.08 bits per heavy atom. The van der Waals surface area contributed by atoms with Gasteiger partial charge in [0.2, 0.25) is 0 Å². The molecule has 1 aromatic carbocycles. The van der Waals surface area contributed by atoms with Gasteiger partial charge in [0.25, 0.3) is 0 Å². The third-order valence-electron chi connectivity index (χ3n) is 3.45. The molecule has 11 nitrogen and oxygen atoms in total. The van der Waals surface area contributed by atoms with E-state index in [4.69, 9.17) is 16.6 Å². The van der Waals surface area contributed by atoms with E-state index in [0.717, 1.165) is 6.20 Å². The number of carboxylic acids is 2. The molecule has 0 radical (unpaired) electrons. The second-order valence-corrected chi connectivity index (χ2v) is 5.08. The molecule has 130 valence electrons. The van der Waals surface area contributed by atoms with E-state index in [2.05, 4.69) is 25.4 Å². The van der Waals surface area contributed by atoms with Crippen molar-refractivity contribution < 1.29 is 19.8 Å². The lowest BCUT2D eigenvalue weighted by atomic mass is 10.1. The van der Waals surface area contributed by atoms with Crippen molar-refractivity contribution in [2.45, 2.75) is 0 Å². The van der Waals surface area contributed by atoms with Crippen molar-refractivity contribution in [3.05, 3.63) is 41.6 Å². The second kappa shape index (κ2) is 6.39. The first kappa shape index (κ1) is 16.7. The Balaban J connectivity index is 2.10. The Morgan fingerprint density at radius 1 is 0.846 bits per heavy atom. The first-order valence-electron chi connectivity index (χ1n) is 7.07. The Morgan fingerprint density at radius 2 is 1.46 bits per heavy atom. The van der Waals surface area contributed by atoms with Crippen molar-refractivity contribution >= 4 is 23.6 Å². The summed E-state index contributed by atoms with van der Waals surface area (Å²) in [6, 6.07) is 5.80. The Labute approximate surface area is 145 Å². The maximum Gasteiger partial charge on any atom is 0.339 e. The molecule has 0 saturated carbocycles. The molecular weight excluding hydrogens is 342 g/mol. The predicted octanol–water partition coefficient (Wildman–Crippen LogP) is 0.556. The molecule has 0 saturated heterocycles. The average Bonchev–Trinajstić information content (AvgIpc) is 2.63. The van der Waals surface area contributed by atoms with Crippen LogP contribution in [0.3, 0.4) is 0 Å². The minimum atomic E-state index is -1.28. The minimum absolute atomic E-state index is 0.0350. The number of nitrogen functional groups attached to an aromatic ring is 2. The van der Waals surface area contributed by atoms with E-state index in [1.807, 2.05) is 0 Å². The SMILES string of the molecule is Nc1nc(-c2nnncc2C(=O)O)c(N)nc1-c1ccc(C(=O)O)cc1. The van der Waals surface area contributed by atoms with Gasteiger partial charge >= 0.3 is 11.9 Å². The van der Waals surface area contributed by atoms with Crippen molar-refractivity contribution in [2.24, 2.45) is 0 Å². The van der Waals surface area contributed by atoms with Crippen molar-refractivity contribution in [3.63, 3.8) is 0 Å². The van der Waals surface area contributed by atoms with Crippen LogP contribution in [0.5, 0.6) is 0 Å². The summed E-state index contributed by atoms with van der Waals surface area (Å²) in [5.41, 5.74) is 12.2. The topological polar surface area (TPSA) is 191 Å². The smallest absolute Gasteiger partial charge is 0.339 e. The highest BCUT2D eigenvalue weighted by atomic mass is 16.4. The van der Waals surface area contributed by atoms with Gasteiger partial charge in [0.1, 0.15) is 22.6 Å². The van der Waals surface area contributed by atoms with Gasteiger partial charge in [-0.3, -0.25) is 0 Å². The zero-order valence-electron chi connectivity index (χ0n) is 13.0. The zero-order chi connectivity index (χ0) is 18.8. The van der Waals surface area contributed by atoms with Gasteiger partial charge in [-0.15, -0.1) is 10.2 Å². The molecule has 6 N–H and O–H groups in total. The van der Waals surface area contributed by atoms with Crippen LogP contribution in [-0.4, -0.2) is 47.5 Å². The van der Waals surface area contributed by atoms with Crippen molar-refractivity contribution in [2.75, 3.05) is 11.5 Å². The number of carbonyl (C=O) groups is 2. The molecule has 11 heteroatoms. The molecule has 2 heterocycles. The maximum absolute atomic E-state index is 11.3. The van der Waals surface area contributed by atoms with Crippen LogP contribution in [-0.2, 0) is 0 Å². The number of anilines is 2. The molecule has 0 aliphatic rings. The van der Waals surface area contributed by atoms with Crippen LogP contribution in [0.2, 0.25) is 0 Å². The molecule has 0 fully saturated rings. The number of aromatic nitrogens is 5. The van der Waals surface area contributed by atoms with Gasteiger partial charge in [0.05, 0.1) is 11.8 Å². The molecule has 0 atom stereocenters. The number of rotatable bonds is 4. The molecular formula is C15H11N7O4. The van der Waals surface area contributed by atoms with Crippen LogP contribution >= 0.6 is 0 Å². The standard InChI is InChI=1S/C15H11N7O4/c16-12-9(6-1-3-7(4-2-6)14(23)24)19-13(17)11(20-12)10-8(15(25)26)5-18-22-21-10/h1-5H,(H2,16,20)(H2,17,19)(H,23,24)(H,25,26). The van der Waals surface area contributed by atoms with E-state index in [-0.39, 0.29) is 39.8 Å². The molecule has 0 aliphatic carbocycles. The first-order chi connectivity index (χ1) is 12.4. The average molecular weight is 353 g/mol. The van der Waals surface area contributed by atoms with Crippen LogP contribution in [0.25, 0.3) is 22.6 Å². The fourth-order valence-corrected chi connectivity index (χ4v) is 2.22. The van der Waals surface area contributed by atoms with Gasteiger partial charge in [-0.2, -0.15) is 0 Å². The highest BCUT2D eigenvalue weighted by Gasteiger charge is 2.21. The lowest BCUT2D eigenvalue weighted by molar-refractivity contribution is 0.0685. The van der Waals surface area contributed by atoms with Gasteiger partial charge < -0.3 is 21.7 Å². The molecule has 3 aromatic rings. The van der Waals surface area contributed by atoms with Crippen LogP contribution in [0.1, 0.15) is 20.7 Å². The molecule has 0 spiro atoms. The minimum Gasteiger partial charge on any atom is -0.478 e. The van der Waals surface area contributed by atoms with Crippen LogP contribution < -0.4 is 11.5 Å². The van der Waals surface area contributed by atoms with Gasteiger partial charge in [-0.25, -0.2) is 19.6 Å². The van der Waals surface area contributed by atoms with E-state index in [9.17, 15) is 14.7 Å². The van der Waals surface area contributed by atoms with Gasteiger partial charge in [-0.1, -0.05) is 12.1 Å². The maximum atomic E-state index is 11.3. The number of hydrogen-bond donors (Lipinski definition) is 4. The summed E-state index contributed by atoms with van der Waals surface area (Å²) in [4.78, 5) is 30.5. The lowest BCUT2D eigenvalue weighted by Crippen LogP contribution is -2.10. The Bertz CT molecular complexity index is 1020. The third-order valence-corrected chi connectivity index (χ3v) is 3.45. The highest BCUT2D eigenvalue weighted by Crippen LogP contribution is 2.30. The summed E-state index contributed by atoms with van der Waals surface area (Å²) in [6.45, 7) is 0. The third kappa shape index (κ3) is 2.96. The van der Waals surface area contributed by atoms with Crippen molar-refractivity contribution in [3.8, 4) is 22.6 Å². The van der Waals surface area contributed by atoms with Gasteiger partial charge in [-0.05, 0) is 17.3 Å². The molecule has 2 aromatic heterocycles. The molecule has 0 aliphatic heterocycles. The zero-order valence-corrected chi connectivity index (χ0v) is 13.0. The number of nitrogens with two attached hydrogens (primary N) is 2. The quantitative estimate of drug-likeness (QED) is 0.512. The molecule has 0 amide bonds. The second-order valence-electron chi connectivity index (χ2n) is 5.08. The normalized spacial score (nSPS) is 10.5. The molecule has 26 heavy (non-hydrogen) atoms. The summed E-state index contributed by atoms with van der Waals surface area (Å²) in [6.07, 6.45) is 1.01. The Kier molecular flexibility index (Phi) is 4.11. The van der Waals surface area contributed by atoms with Gasteiger partial charge in [0, 0.05) is 5.56 Å².